The molecule has 0 atom stereocenters. The third-order valence-corrected chi connectivity index (χ3v) is 6.67. The summed E-state index contributed by atoms with van der Waals surface area (Å²) in [5, 5.41) is 3.13. The molecule has 0 aliphatic heterocycles. The van der Waals surface area contributed by atoms with E-state index in [1.807, 2.05) is 0 Å². The Morgan fingerprint density at radius 2 is 1.53 bits per heavy atom. The molecule has 0 spiro atoms. The van der Waals surface area contributed by atoms with E-state index in [1.54, 1.807) is 48.5 Å². The van der Waals surface area contributed by atoms with Gasteiger partial charge in [0.05, 0.1) is 10.6 Å². The van der Waals surface area contributed by atoms with Crippen molar-refractivity contribution < 1.29 is 22.7 Å². The summed E-state index contributed by atoms with van der Waals surface area (Å²) in [6.07, 6.45) is 0. The number of nitrogens with zero attached hydrogens (tertiary/aromatic N) is 1. The number of sulfonamides is 1. The van der Waals surface area contributed by atoms with E-state index >= 15 is 0 Å². The van der Waals surface area contributed by atoms with Crippen LogP contribution in [0.25, 0.3) is 0 Å². The first-order valence-corrected chi connectivity index (χ1v) is 11.4. The number of benzene rings is 3. The summed E-state index contributed by atoms with van der Waals surface area (Å²) in [4.78, 5) is 23.5. The van der Waals surface area contributed by atoms with Crippen LogP contribution < -0.4 is 14.4 Å². The maximum absolute atomic E-state index is 12.8. The van der Waals surface area contributed by atoms with E-state index in [0.717, 1.165) is 4.31 Å². The van der Waals surface area contributed by atoms with Gasteiger partial charge in [-0.2, -0.15) is 0 Å². The zero-order valence-electron chi connectivity index (χ0n) is 17.4. The van der Waals surface area contributed by atoms with E-state index in [9.17, 15) is 18.0 Å². The highest BCUT2D eigenvalue weighted by Gasteiger charge is 2.21. The Labute approximate surface area is 191 Å². The minimum Gasteiger partial charge on any atom is -0.484 e. The number of ketones is 1. The maximum atomic E-state index is 12.8. The monoisotopic (exact) mass is 472 g/mol. The fraction of sp³-hybridized carbons (Fsp3) is 0.130. The number of hydrogen-bond donors (Lipinski definition) is 1. The van der Waals surface area contributed by atoms with Crippen LogP contribution in [0.4, 0.5) is 11.4 Å². The smallest absolute Gasteiger partial charge is 0.264 e. The Balaban J connectivity index is 1.58. The Hall–Kier alpha value is -3.36. The molecular weight excluding hydrogens is 452 g/mol. The highest BCUT2D eigenvalue weighted by atomic mass is 35.5. The predicted molar refractivity (Wildman–Crippen MR) is 124 cm³/mol. The second-order valence-corrected chi connectivity index (χ2v) is 9.30. The van der Waals surface area contributed by atoms with Crippen LogP contribution in [0, 0.1) is 0 Å². The van der Waals surface area contributed by atoms with Gasteiger partial charge in [0, 0.05) is 23.3 Å². The molecule has 0 aromatic heterocycles. The zero-order valence-corrected chi connectivity index (χ0v) is 19.0. The van der Waals surface area contributed by atoms with Crippen molar-refractivity contribution in [3.05, 3.63) is 83.4 Å². The number of rotatable bonds is 8. The first-order chi connectivity index (χ1) is 15.2. The number of Topliss-reactive ketones (excluding diaryl/α,β-unsaturated/α-hetero) is 1. The third-order valence-electron chi connectivity index (χ3n) is 4.62. The van der Waals surface area contributed by atoms with Crippen molar-refractivity contribution >= 4 is 44.7 Å². The molecule has 0 saturated heterocycles. The van der Waals surface area contributed by atoms with Crippen molar-refractivity contribution in [1.82, 2.24) is 0 Å². The quantitative estimate of drug-likeness (QED) is 0.491. The van der Waals surface area contributed by atoms with Crippen molar-refractivity contribution in [2.24, 2.45) is 0 Å². The first-order valence-electron chi connectivity index (χ1n) is 9.55. The summed E-state index contributed by atoms with van der Waals surface area (Å²) in [5.74, 6) is -0.0125. The van der Waals surface area contributed by atoms with Gasteiger partial charge < -0.3 is 10.1 Å². The van der Waals surface area contributed by atoms with E-state index in [2.05, 4.69) is 5.32 Å². The summed E-state index contributed by atoms with van der Waals surface area (Å²) >= 11 is 5.83. The minimum atomic E-state index is -3.74. The van der Waals surface area contributed by atoms with E-state index in [4.69, 9.17) is 16.3 Å². The van der Waals surface area contributed by atoms with Gasteiger partial charge in [0.1, 0.15) is 5.75 Å². The van der Waals surface area contributed by atoms with Crippen LogP contribution in [-0.4, -0.2) is 33.8 Å². The number of nitrogens with one attached hydrogen (secondary N) is 1. The minimum absolute atomic E-state index is 0.0544. The van der Waals surface area contributed by atoms with Crippen molar-refractivity contribution in [3.63, 3.8) is 0 Å². The molecule has 3 aromatic carbocycles. The number of hydrogen-bond acceptors (Lipinski definition) is 5. The van der Waals surface area contributed by atoms with Gasteiger partial charge in [0.15, 0.2) is 12.4 Å². The number of carbonyl (C=O) groups is 2. The lowest BCUT2D eigenvalue weighted by Gasteiger charge is -2.20. The summed E-state index contributed by atoms with van der Waals surface area (Å²) in [7, 11) is -2.29. The van der Waals surface area contributed by atoms with Gasteiger partial charge in [0.2, 0.25) is 0 Å². The zero-order chi connectivity index (χ0) is 23.3. The number of amides is 1. The maximum Gasteiger partial charge on any atom is 0.264 e. The molecule has 0 fully saturated rings. The second kappa shape index (κ2) is 9.84. The largest absolute Gasteiger partial charge is 0.484 e. The van der Waals surface area contributed by atoms with E-state index in [1.165, 1.54) is 38.2 Å². The van der Waals surface area contributed by atoms with Gasteiger partial charge in [0.25, 0.3) is 15.9 Å². The van der Waals surface area contributed by atoms with Crippen molar-refractivity contribution in [2.75, 3.05) is 23.3 Å². The molecule has 0 bridgehead atoms. The Morgan fingerprint density at radius 1 is 0.938 bits per heavy atom. The average molecular weight is 473 g/mol. The van der Waals surface area contributed by atoms with Gasteiger partial charge in [-0.3, -0.25) is 13.9 Å². The highest BCUT2D eigenvalue weighted by molar-refractivity contribution is 7.92. The molecule has 0 unspecified atom stereocenters. The van der Waals surface area contributed by atoms with Gasteiger partial charge in [-0.1, -0.05) is 11.6 Å². The molecule has 0 radical (unpaired) electrons. The molecule has 32 heavy (non-hydrogen) atoms. The highest BCUT2D eigenvalue weighted by Crippen LogP contribution is 2.25. The van der Waals surface area contributed by atoms with Crippen molar-refractivity contribution in [2.45, 2.75) is 11.8 Å². The van der Waals surface area contributed by atoms with Gasteiger partial charge in [-0.15, -0.1) is 0 Å². The van der Waals surface area contributed by atoms with Crippen LogP contribution in [0.5, 0.6) is 5.75 Å². The fourth-order valence-electron chi connectivity index (χ4n) is 2.79. The molecule has 0 aliphatic rings. The number of anilines is 2. The number of carbonyl (C=O) groups excluding carboxylic acids is 2. The van der Waals surface area contributed by atoms with Crippen LogP contribution in [0.1, 0.15) is 17.3 Å². The van der Waals surface area contributed by atoms with Crippen LogP contribution in [0.3, 0.4) is 0 Å². The lowest BCUT2D eigenvalue weighted by atomic mass is 10.1. The van der Waals surface area contributed by atoms with E-state index in [0.29, 0.717) is 27.7 Å². The summed E-state index contributed by atoms with van der Waals surface area (Å²) in [6, 6.07) is 18.8. The predicted octanol–water partition coefficient (Wildman–Crippen LogP) is 4.39. The molecule has 1 N–H and O–H groups in total. The molecule has 3 aromatic rings. The standard InChI is InChI=1S/C23H21ClN2O5S/c1-16(27)17-3-7-19(8-4-17)25-23(28)15-31-21-11-9-20(10-12-21)26(2)32(29,30)22-13-5-18(24)6-14-22/h3-14H,15H2,1-2H3,(H,25,28). The number of halogens is 1. The topological polar surface area (TPSA) is 92.8 Å². The SMILES string of the molecule is CC(=O)c1ccc(NC(=O)COc2ccc(N(C)S(=O)(=O)c3ccc(Cl)cc3)cc2)cc1. The van der Waals surface area contributed by atoms with Gasteiger partial charge in [-0.05, 0) is 79.7 Å². The van der Waals surface area contributed by atoms with Crippen molar-refractivity contribution in [1.29, 1.82) is 0 Å². The van der Waals surface area contributed by atoms with Crippen LogP contribution in [-0.2, 0) is 14.8 Å². The summed E-state index contributed by atoms with van der Waals surface area (Å²) in [5.41, 5.74) is 1.54. The van der Waals surface area contributed by atoms with Crippen LogP contribution in [0.15, 0.2) is 77.7 Å². The average Bonchev–Trinajstić information content (AvgIpc) is 2.78. The van der Waals surface area contributed by atoms with Gasteiger partial charge in [-0.25, -0.2) is 8.42 Å². The first kappa shape index (κ1) is 23.3. The normalized spacial score (nSPS) is 11.0. The van der Waals surface area contributed by atoms with Crippen LogP contribution in [0.2, 0.25) is 5.02 Å². The Morgan fingerprint density at radius 3 is 2.09 bits per heavy atom. The van der Waals surface area contributed by atoms with Crippen LogP contribution >= 0.6 is 11.6 Å². The lowest BCUT2D eigenvalue weighted by molar-refractivity contribution is -0.118. The van der Waals surface area contributed by atoms with E-state index < -0.39 is 10.0 Å². The Kier molecular flexibility index (Phi) is 7.17. The van der Waals surface area contributed by atoms with E-state index in [-0.39, 0.29) is 23.2 Å². The molecule has 3 rings (SSSR count). The molecule has 0 aliphatic carbocycles. The second-order valence-electron chi connectivity index (χ2n) is 6.89. The molecule has 0 saturated carbocycles. The molecule has 1 amide bonds. The lowest BCUT2D eigenvalue weighted by Crippen LogP contribution is -2.26. The molecule has 166 valence electrons. The van der Waals surface area contributed by atoms with Gasteiger partial charge >= 0.3 is 0 Å². The third kappa shape index (κ3) is 5.66. The molecule has 9 heteroatoms. The molecule has 7 nitrogen and oxygen atoms in total. The summed E-state index contributed by atoms with van der Waals surface area (Å²) in [6.45, 7) is 1.24. The fourth-order valence-corrected chi connectivity index (χ4v) is 4.11. The Bertz CT molecular complexity index is 1210. The molecule has 0 heterocycles. The summed E-state index contributed by atoms with van der Waals surface area (Å²) < 4.78 is 32.1. The van der Waals surface area contributed by atoms with Crippen molar-refractivity contribution in [3.8, 4) is 5.75 Å². The molecular formula is C23H21ClN2O5S. The number of ether oxygens (including phenoxy) is 1.